The minimum Gasteiger partial charge on any atom is -0.338 e. The monoisotopic (exact) mass is 519 g/mol. The molecular weight excluding hydrogens is 497 g/mol. The van der Waals surface area contributed by atoms with Crippen LogP contribution in [-0.4, -0.2) is 24.5 Å². The van der Waals surface area contributed by atoms with Crippen LogP contribution in [0.15, 0.2) is 40.9 Å². The van der Waals surface area contributed by atoms with Gasteiger partial charge in [0, 0.05) is 27.2 Å². The molecule has 1 aromatic heterocycles. The Morgan fingerprint density at radius 1 is 1.18 bits per heavy atom. The van der Waals surface area contributed by atoms with Crippen molar-refractivity contribution in [1.29, 1.82) is 0 Å². The van der Waals surface area contributed by atoms with E-state index in [9.17, 15) is 13.2 Å². The van der Waals surface area contributed by atoms with Crippen molar-refractivity contribution in [2.75, 3.05) is 5.32 Å². The van der Waals surface area contributed by atoms with Gasteiger partial charge in [-0.3, -0.25) is 4.79 Å². The van der Waals surface area contributed by atoms with Crippen LogP contribution in [-0.2, 0) is 27.3 Å². The molecule has 2 aliphatic carbocycles. The van der Waals surface area contributed by atoms with Gasteiger partial charge in [-0.05, 0) is 55.9 Å². The number of benzene rings is 2. The molecule has 1 amide bonds. The number of hydrogen-bond acceptors (Lipinski definition) is 6. The molecule has 10 heteroatoms. The van der Waals surface area contributed by atoms with Gasteiger partial charge < -0.3 is 9.84 Å². The number of halogens is 2. The lowest BCUT2D eigenvalue weighted by Crippen LogP contribution is -2.16. The second kappa shape index (κ2) is 8.98. The summed E-state index contributed by atoms with van der Waals surface area (Å²) < 4.78 is 27.9. The standard InChI is InChI=1S/C24H23Cl2N3O4S/c1-13(34(31)32)15-4-2-14(3-5-15)10-20(30)27-17-11-18(25)21(19(26)12-17)24(8-9-24)23-28-22(29-33-23)16-6-7-16/h2-5,11-13,16,34H,6-10H2,1H3,(H,27,30). The maximum atomic E-state index is 12.6. The van der Waals surface area contributed by atoms with E-state index in [2.05, 4.69) is 15.5 Å². The fourth-order valence-corrected chi connectivity index (χ4v) is 5.43. The van der Waals surface area contributed by atoms with Crippen molar-refractivity contribution in [3.05, 3.63) is 74.8 Å². The first-order valence-corrected chi connectivity index (χ1v) is 13.1. The molecular formula is C24H23Cl2N3O4S. The molecule has 2 fully saturated rings. The van der Waals surface area contributed by atoms with Gasteiger partial charge in [0.2, 0.25) is 11.8 Å². The predicted molar refractivity (Wildman–Crippen MR) is 130 cm³/mol. The zero-order valence-electron chi connectivity index (χ0n) is 18.4. The minimum absolute atomic E-state index is 0.130. The topological polar surface area (TPSA) is 102 Å². The van der Waals surface area contributed by atoms with Crippen LogP contribution in [0.5, 0.6) is 0 Å². The molecule has 2 saturated carbocycles. The second-order valence-electron chi connectivity index (χ2n) is 9.06. The van der Waals surface area contributed by atoms with E-state index in [0.29, 0.717) is 33.1 Å². The summed E-state index contributed by atoms with van der Waals surface area (Å²) in [6.45, 7) is 1.63. The highest BCUT2D eigenvalue weighted by molar-refractivity contribution is 7.72. The Morgan fingerprint density at radius 2 is 1.82 bits per heavy atom. The first-order chi connectivity index (χ1) is 16.3. The second-order valence-corrected chi connectivity index (χ2v) is 11.2. The average Bonchev–Trinajstić information content (AvgIpc) is 3.73. The number of hydrogen-bond donors (Lipinski definition) is 2. The van der Waals surface area contributed by atoms with Gasteiger partial charge in [-0.2, -0.15) is 4.98 Å². The summed E-state index contributed by atoms with van der Waals surface area (Å²) in [5.74, 6) is 1.46. The summed E-state index contributed by atoms with van der Waals surface area (Å²) in [6.07, 6.45) is 3.95. The Labute approximate surface area is 208 Å². The molecule has 7 nitrogen and oxygen atoms in total. The van der Waals surface area contributed by atoms with Crippen LogP contribution in [0.1, 0.15) is 72.2 Å². The molecule has 1 N–H and O–H groups in total. The zero-order valence-corrected chi connectivity index (χ0v) is 20.8. The van der Waals surface area contributed by atoms with Crippen molar-refractivity contribution >= 4 is 45.5 Å². The highest BCUT2D eigenvalue weighted by atomic mass is 35.5. The average molecular weight is 520 g/mol. The molecule has 0 aliphatic heterocycles. The third-order valence-electron chi connectivity index (χ3n) is 6.49. The molecule has 3 aromatic rings. The maximum Gasteiger partial charge on any atom is 0.237 e. The third-order valence-corrected chi connectivity index (χ3v) is 8.02. The molecule has 0 spiro atoms. The van der Waals surface area contributed by atoms with Gasteiger partial charge in [-0.15, -0.1) is 0 Å². The Morgan fingerprint density at radius 3 is 2.38 bits per heavy atom. The normalized spacial score (nSPS) is 17.5. The molecule has 1 unspecified atom stereocenters. The van der Waals surface area contributed by atoms with Crippen LogP contribution in [0.2, 0.25) is 10.0 Å². The van der Waals surface area contributed by atoms with Gasteiger partial charge >= 0.3 is 0 Å². The number of nitrogens with zero attached hydrogens (tertiary/aromatic N) is 2. The lowest BCUT2D eigenvalue weighted by atomic mass is 9.95. The number of amides is 1. The highest BCUT2D eigenvalue weighted by Crippen LogP contribution is 2.57. The molecule has 178 valence electrons. The smallest absolute Gasteiger partial charge is 0.237 e. The van der Waals surface area contributed by atoms with E-state index in [-0.39, 0.29) is 12.3 Å². The summed E-state index contributed by atoms with van der Waals surface area (Å²) in [5.41, 5.74) is 2.24. The van der Waals surface area contributed by atoms with Crippen LogP contribution in [0, 0.1) is 0 Å². The van der Waals surface area contributed by atoms with E-state index in [1.165, 1.54) is 0 Å². The van der Waals surface area contributed by atoms with Gasteiger partial charge in [0.25, 0.3) is 0 Å². The van der Waals surface area contributed by atoms with Crippen molar-refractivity contribution in [2.45, 2.75) is 55.6 Å². The van der Waals surface area contributed by atoms with E-state index in [4.69, 9.17) is 27.7 Å². The van der Waals surface area contributed by atoms with Crippen LogP contribution in [0.4, 0.5) is 5.69 Å². The number of thiol groups is 1. The Hall–Kier alpha value is -2.42. The number of carbonyl (C=O) groups is 1. The summed E-state index contributed by atoms with van der Waals surface area (Å²) in [7, 11) is -2.54. The summed E-state index contributed by atoms with van der Waals surface area (Å²) in [5, 5.41) is 7.28. The summed E-state index contributed by atoms with van der Waals surface area (Å²) >= 11 is 13.3. The molecule has 2 aromatic carbocycles. The van der Waals surface area contributed by atoms with Crippen LogP contribution >= 0.6 is 23.2 Å². The van der Waals surface area contributed by atoms with Crippen molar-refractivity contribution in [1.82, 2.24) is 10.1 Å². The first-order valence-electron chi connectivity index (χ1n) is 11.1. The van der Waals surface area contributed by atoms with E-state index in [1.807, 2.05) is 0 Å². The van der Waals surface area contributed by atoms with Crippen molar-refractivity contribution in [3.63, 3.8) is 0 Å². The maximum absolute atomic E-state index is 12.6. The van der Waals surface area contributed by atoms with Crippen LogP contribution in [0.25, 0.3) is 0 Å². The number of aromatic nitrogens is 2. The Balaban J connectivity index is 1.29. The molecule has 34 heavy (non-hydrogen) atoms. The number of nitrogens with one attached hydrogen (secondary N) is 1. The Kier molecular flexibility index (Phi) is 6.16. The van der Waals surface area contributed by atoms with E-state index in [0.717, 1.165) is 42.6 Å². The van der Waals surface area contributed by atoms with Gasteiger partial charge in [-0.1, -0.05) is 52.6 Å². The van der Waals surface area contributed by atoms with Crippen molar-refractivity contribution in [2.24, 2.45) is 0 Å². The molecule has 1 heterocycles. The highest BCUT2D eigenvalue weighted by Gasteiger charge is 2.53. The number of rotatable bonds is 8. The summed E-state index contributed by atoms with van der Waals surface area (Å²) in [4.78, 5) is 17.2. The zero-order chi connectivity index (χ0) is 24.0. The van der Waals surface area contributed by atoms with Gasteiger partial charge in [0.15, 0.2) is 5.82 Å². The van der Waals surface area contributed by atoms with Gasteiger partial charge in [0.1, 0.15) is 10.7 Å². The van der Waals surface area contributed by atoms with Gasteiger partial charge in [-0.25, -0.2) is 8.42 Å². The van der Waals surface area contributed by atoms with E-state index in [1.54, 1.807) is 43.3 Å². The summed E-state index contributed by atoms with van der Waals surface area (Å²) in [6, 6.07) is 10.3. The van der Waals surface area contributed by atoms with E-state index >= 15 is 0 Å². The molecule has 0 saturated heterocycles. The quantitative estimate of drug-likeness (QED) is 0.397. The fourth-order valence-electron chi connectivity index (χ4n) is 4.16. The molecule has 0 bridgehead atoms. The first kappa shape index (κ1) is 23.3. The lowest BCUT2D eigenvalue weighted by Gasteiger charge is -2.17. The van der Waals surface area contributed by atoms with Crippen LogP contribution < -0.4 is 5.32 Å². The molecule has 2 aliphatic rings. The SMILES string of the molecule is CC(c1ccc(CC(=O)Nc2cc(Cl)c(C3(c4nc(C5CC5)no4)CC3)c(Cl)c2)cc1)[SH](=O)=O. The fraction of sp³-hybridized carbons (Fsp3) is 0.375. The van der Waals surface area contributed by atoms with Crippen molar-refractivity contribution in [3.8, 4) is 0 Å². The van der Waals surface area contributed by atoms with Crippen molar-refractivity contribution < 1.29 is 17.7 Å². The lowest BCUT2D eigenvalue weighted by molar-refractivity contribution is -0.115. The van der Waals surface area contributed by atoms with Gasteiger partial charge in [0.05, 0.1) is 17.1 Å². The molecule has 5 rings (SSSR count). The predicted octanol–water partition coefficient (Wildman–Crippen LogP) is 5.19. The minimum atomic E-state index is -2.54. The third kappa shape index (κ3) is 4.59. The number of anilines is 1. The number of carbonyl (C=O) groups excluding carboxylic acids is 1. The Bertz CT molecular complexity index is 1300. The van der Waals surface area contributed by atoms with Crippen LogP contribution in [0.3, 0.4) is 0 Å². The largest absolute Gasteiger partial charge is 0.338 e. The molecule has 0 radical (unpaired) electrons. The molecule has 1 atom stereocenters. The van der Waals surface area contributed by atoms with E-state index < -0.39 is 21.4 Å².